The van der Waals surface area contributed by atoms with Crippen molar-refractivity contribution in [3.05, 3.63) is 0 Å². The number of carboxylic acid groups (broad SMARTS) is 6. The van der Waals surface area contributed by atoms with Crippen molar-refractivity contribution in [2.75, 3.05) is 0 Å². The van der Waals surface area contributed by atoms with Gasteiger partial charge in [-0.25, -0.2) is 0 Å². The Morgan fingerprint density at radius 1 is 0.733 bits per heavy atom. The molecule has 5 N–H and O–H groups in total. The first-order chi connectivity index (χ1) is 5.20. The van der Waals surface area contributed by atoms with E-state index in [1.165, 1.54) is 0 Å². The van der Waals surface area contributed by atoms with Gasteiger partial charge in [0.1, 0.15) is 0 Å². The summed E-state index contributed by atoms with van der Waals surface area (Å²) in [6, 6.07) is 0. The Balaban J connectivity index is -0.0000000184. The monoisotopic (exact) mass is 254 g/mol. The molecule has 0 unspecified atom stereocenters. The van der Waals surface area contributed by atoms with E-state index in [9.17, 15) is 0 Å². The van der Waals surface area contributed by atoms with Gasteiger partial charge in [-0.15, -0.1) is 0 Å². The van der Waals surface area contributed by atoms with E-state index in [0.29, 0.717) is 0 Å². The molecule has 0 radical (unpaired) electrons. The van der Waals surface area contributed by atoms with Crippen LogP contribution in [0.15, 0.2) is 0 Å². The number of hydrogen-bond donors (Lipinski definition) is 3. The third kappa shape index (κ3) is 1850. The second-order valence-corrected chi connectivity index (χ2v) is 0.798. The maximum absolute atomic E-state index is 8.44. The zero-order valence-corrected chi connectivity index (χ0v) is 7.52. The standard InChI is InChI=1S/3CH2O3.Al.Mg.H2O.2H/c3*2-1(3)4;;;;;/h3*(H2,2,3,4);;;1H2;;/q;;;+3;;;;/p-3. The number of rotatable bonds is 0. The van der Waals surface area contributed by atoms with E-state index < -0.39 is 18.5 Å². The molecule has 0 spiro atoms. The second-order valence-electron chi connectivity index (χ2n) is 0.798. The van der Waals surface area contributed by atoms with Crippen LogP contribution in [0.1, 0.15) is 0 Å². The van der Waals surface area contributed by atoms with Gasteiger partial charge < -0.3 is 50.5 Å². The van der Waals surface area contributed by atoms with E-state index in [4.69, 9.17) is 45.0 Å². The predicted octanol–water partition coefficient (Wildman–Crippen LogP) is -5.46. The van der Waals surface area contributed by atoms with Crippen LogP contribution < -0.4 is 15.3 Å². The van der Waals surface area contributed by atoms with Gasteiger partial charge in [-0.05, 0) is 0 Å². The van der Waals surface area contributed by atoms with Crippen molar-refractivity contribution in [2.45, 2.75) is 0 Å². The molecule has 0 aliphatic carbocycles. The Bertz CT molecular complexity index is 118. The molecule has 84 valence electrons. The molecule has 15 heavy (non-hydrogen) atoms. The van der Waals surface area contributed by atoms with Gasteiger partial charge in [-0.1, -0.05) is 0 Å². The average molecular weight is 254 g/mol. The van der Waals surface area contributed by atoms with Crippen LogP contribution in [0.3, 0.4) is 0 Å². The van der Waals surface area contributed by atoms with E-state index in [1.54, 1.807) is 0 Å². The third-order valence-electron chi connectivity index (χ3n) is 0. The molecular weight excluding hydrogens is 247 g/mol. The van der Waals surface area contributed by atoms with Crippen molar-refractivity contribution in [2.24, 2.45) is 0 Å². The number of hydrogen-bond acceptors (Lipinski definition) is 6. The van der Waals surface area contributed by atoms with Gasteiger partial charge in [0.05, 0.1) is 0 Å². The third-order valence-corrected chi connectivity index (χ3v) is 0. The minimum atomic E-state index is -2.08. The van der Waals surface area contributed by atoms with Gasteiger partial charge in [0, 0.05) is 0 Å². The summed E-state index contributed by atoms with van der Waals surface area (Å²) in [5.74, 6) is 0. The maximum Gasteiger partial charge on any atom is 3.00 e. The van der Waals surface area contributed by atoms with Crippen molar-refractivity contribution >= 4 is 58.9 Å². The molecule has 0 saturated heterocycles. The summed E-state index contributed by atoms with van der Waals surface area (Å²) in [5.41, 5.74) is 0. The molecule has 0 bridgehead atoms. The zero-order chi connectivity index (χ0) is 10.7. The van der Waals surface area contributed by atoms with Crippen molar-refractivity contribution < 1.29 is 50.5 Å². The summed E-state index contributed by atoms with van der Waals surface area (Å²) in [7, 11) is 0. The first kappa shape index (κ1) is 36.9. The minimum Gasteiger partial charge on any atom is -0.565 e. The molecule has 0 saturated carbocycles. The van der Waals surface area contributed by atoms with E-state index in [1.807, 2.05) is 0 Å². The zero-order valence-electron chi connectivity index (χ0n) is 6.37. The summed E-state index contributed by atoms with van der Waals surface area (Å²) in [6.07, 6.45) is -6.25. The molecule has 0 atom stereocenters. The van der Waals surface area contributed by atoms with Crippen molar-refractivity contribution in [3.8, 4) is 0 Å². The van der Waals surface area contributed by atoms with Crippen LogP contribution in [0.25, 0.3) is 0 Å². The van der Waals surface area contributed by atoms with Gasteiger partial charge in [-0.3, -0.25) is 0 Å². The molecule has 0 aromatic carbocycles. The summed E-state index contributed by atoms with van der Waals surface area (Å²) in [5, 5.41) is 45.9. The van der Waals surface area contributed by atoms with Crippen molar-refractivity contribution in [3.63, 3.8) is 0 Å². The molecule has 0 aromatic rings. The Hall–Kier alpha value is -0.931. The van der Waals surface area contributed by atoms with E-state index >= 15 is 0 Å². The second kappa shape index (κ2) is 29.2. The van der Waals surface area contributed by atoms with Crippen LogP contribution in [0.2, 0.25) is 0 Å². The fourth-order valence-corrected chi connectivity index (χ4v) is 0. The fourth-order valence-electron chi connectivity index (χ4n) is 0. The van der Waals surface area contributed by atoms with Crippen LogP contribution in [0.4, 0.5) is 14.4 Å². The fraction of sp³-hybridized carbons (Fsp3) is 0. The molecule has 0 heterocycles. The van der Waals surface area contributed by atoms with E-state index in [2.05, 4.69) is 0 Å². The van der Waals surface area contributed by atoms with Crippen LogP contribution in [-0.2, 0) is 0 Å². The molecule has 0 fully saturated rings. The largest absolute Gasteiger partial charge is 3.00 e. The molecule has 0 aliphatic rings. The van der Waals surface area contributed by atoms with Crippen molar-refractivity contribution in [1.29, 1.82) is 0 Å². The van der Waals surface area contributed by atoms with Crippen LogP contribution in [0.5, 0.6) is 0 Å². The van der Waals surface area contributed by atoms with Crippen molar-refractivity contribution in [1.82, 2.24) is 0 Å². The first-order valence-corrected chi connectivity index (χ1v) is 1.90. The Morgan fingerprint density at radius 3 is 0.733 bits per heavy atom. The Morgan fingerprint density at radius 2 is 0.733 bits per heavy atom. The summed E-state index contributed by atoms with van der Waals surface area (Å²) < 4.78 is 0. The summed E-state index contributed by atoms with van der Waals surface area (Å²) in [6.45, 7) is 0. The SMILES string of the molecule is O.O=C([O-])O.O=C([O-])O.O=C([O-])O.[Al+3].[MgH2]. The van der Waals surface area contributed by atoms with Gasteiger partial charge >= 0.3 is 40.4 Å². The van der Waals surface area contributed by atoms with Gasteiger partial charge in [0.25, 0.3) is 0 Å². The maximum atomic E-state index is 8.44. The number of carbonyl (C=O) groups is 3. The molecule has 0 rings (SSSR count). The molecule has 0 aliphatic heterocycles. The smallest absolute Gasteiger partial charge is 0.565 e. The molecule has 0 aromatic heterocycles. The van der Waals surface area contributed by atoms with Crippen LogP contribution in [0, 0.1) is 0 Å². The molecule has 0 amide bonds. The minimum absolute atomic E-state index is 0. The van der Waals surface area contributed by atoms with E-state index in [0.717, 1.165) is 0 Å². The molecule has 12 heteroatoms. The van der Waals surface area contributed by atoms with Gasteiger partial charge in [-0.2, -0.15) is 0 Å². The predicted molar refractivity (Wildman–Crippen MR) is 42.0 cm³/mol. The first-order valence-electron chi connectivity index (χ1n) is 1.90. The normalized spacial score (nSPS) is 4.80. The average Bonchev–Trinajstić information content (AvgIpc) is 1.54. The molecular formula is C3H7AlMgO10. The Kier molecular flexibility index (Phi) is 71.9. The van der Waals surface area contributed by atoms with Crippen LogP contribution in [-0.4, -0.2) is 79.7 Å². The quantitative estimate of drug-likeness (QED) is 0.351. The van der Waals surface area contributed by atoms with E-state index in [-0.39, 0.29) is 45.9 Å². The molecule has 10 nitrogen and oxygen atoms in total. The van der Waals surface area contributed by atoms with Gasteiger partial charge in [0.2, 0.25) is 18.5 Å². The van der Waals surface area contributed by atoms with Gasteiger partial charge in [0.15, 0.2) is 0 Å². The summed E-state index contributed by atoms with van der Waals surface area (Å²) in [4.78, 5) is 25.3. The topological polar surface area (TPSA) is 213 Å². The Labute approximate surface area is 109 Å². The van der Waals surface area contributed by atoms with Crippen LogP contribution >= 0.6 is 0 Å². The summed E-state index contributed by atoms with van der Waals surface area (Å²) >= 11 is 0.